The van der Waals surface area contributed by atoms with E-state index < -0.39 is 38.0 Å². The fourth-order valence-corrected chi connectivity index (χ4v) is 5.50. The van der Waals surface area contributed by atoms with Gasteiger partial charge in [-0.1, -0.05) is 0 Å². The Bertz CT molecular complexity index is 1190. The van der Waals surface area contributed by atoms with Crippen LogP contribution in [0.2, 0.25) is 0 Å². The molecule has 1 unspecified atom stereocenters. The van der Waals surface area contributed by atoms with Crippen molar-refractivity contribution in [3.63, 3.8) is 0 Å². The second-order valence-electron chi connectivity index (χ2n) is 8.16. The molecule has 3 aromatic heterocycles. The van der Waals surface area contributed by atoms with Gasteiger partial charge in [-0.05, 0) is 30.7 Å². The van der Waals surface area contributed by atoms with Crippen molar-refractivity contribution in [3.05, 3.63) is 48.7 Å². The van der Waals surface area contributed by atoms with Crippen LogP contribution in [0.4, 0.5) is 5.82 Å². The molecule has 2 saturated heterocycles. The Morgan fingerprint density at radius 3 is 2.91 bits per heavy atom. The molecule has 2 aliphatic rings. The summed E-state index contributed by atoms with van der Waals surface area (Å²) < 4.78 is 36.9. The van der Waals surface area contributed by atoms with Gasteiger partial charge in [-0.3, -0.25) is 18.6 Å². The van der Waals surface area contributed by atoms with Gasteiger partial charge in [-0.2, -0.15) is 0 Å². The first-order chi connectivity index (χ1) is 15.8. The average molecular weight is 477 g/mol. The van der Waals surface area contributed by atoms with Gasteiger partial charge in [-0.15, -0.1) is 0 Å². The molecule has 33 heavy (non-hydrogen) atoms. The fourth-order valence-electron chi connectivity index (χ4n) is 4.11. The number of anilines is 1. The number of phosphoric ester groups is 1. The topological polar surface area (TPSA) is 164 Å². The van der Waals surface area contributed by atoms with Crippen LogP contribution >= 0.6 is 7.82 Å². The third-order valence-electron chi connectivity index (χ3n) is 5.91. The van der Waals surface area contributed by atoms with E-state index in [1.54, 1.807) is 41.4 Å². The number of hydrogen-bond acceptors (Lipinski definition) is 11. The maximum Gasteiger partial charge on any atom is 0.475 e. The second-order valence-corrected chi connectivity index (χ2v) is 9.78. The Balaban J connectivity index is 1.31. The Labute approximate surface area is 188 Å². The molecule has 12 nitrogen and oxygen atoms in total. The maximum atomic E-state index is 13.0. The highest BCUT2D eigenvalue weighted by Crippen LogP contribution is 2.57. The number of phosphoric acid groups is 1. The summed E-state index contributed by atoms with van der Waals surface area (Å²) in [7, 11) is -3.92. The molecule has 2 fully saturated rings. The van der Waals surface area contributed by atoms with E-state index in [9.17, 15) is 14.8 Å². The molecule has 0 saturated carbocycles. The molecule has 5 heterocycles. The van der Waals surface area contributed by atoms with Crippen molar-refractivity contribution in [2.45, 2.75) is 43.5 Å². The van der Waals surface area contributed by atoms with Crippen molar-refractivity contribution in [1.29, 1.82) is 0 Å². The van der Waals surface area contributed by atoms with Crippen molar-refractivity contribution in [2.24, 2.45) is 0 Å². The zero-order chi connectivity index (χ0) is 23.2. The van der Waals surface area contributed by atoms with E-state index in [2.05, 4.69) is 15.0 Å². The second kappa shape index (κ2) is 8.41. The molecule has 2 aliphatic heterocycles. The van der Waals surface area contributed by atoms with E-state index in [1.807, 2.05) is 0 Å². The maximum absolute atomic E-state index is 13.0. The minimum absolute atomic E-state index is 0.176. The number of nitrogens with zero attached hydrogens (tertiary/aromatic N) is 4. The average Bonchev–Trinajstić information content (AvgIpc) is 3.33. The molecule has 0 aliphatic carbocycles. The first kappa shape index (κ1) is 22.4. The van der Waals surface area contributed by atoms with Gasteiger partial charge in [0.25, 0.3) is 0 Å². The Morgan fingerprint density at radius 1 is 1.33 bits per heavy atom. The lowest BCUT2D eigenvalue weighted by molar-refractivity contribution is -0.0950. The normalized spacial score (nSPS) is 34.6. The highest BCUT2D eigenvalue weighted by Gasteiger charge is 2.54. The van der Waals surface area contributed by atoms with E-state index in [4.69, 9.17) is 24.0 Å². The van der Waals surface area contributed by atoms with Gasteiger partial charge in [0.1, 0.15) is 35.6 Å². The first-order valence-corrected chi connectivity index (χ1v) is 11.8. The summed E-state index contributed by atoms with van der Waals surface area (Å²) in [6.07, 6.45) is 2.83. The molecule has 176 valence electrons. The summed E-state index contributed by atoms with van der Waals surface area (Å²) in [4.78, 5) is 12.1. The molecule has 3 aromatic rings. The number of rotatable bonds is 5. The monoisotopic (exact) mass is 477 g/mol. The smallest absolute Gasteiger partial charge is 0.387 e. The van der Waals surface area contributed by atoms with Gasteiger partial charge in [0.15, 0.2) is 6.23 Å². The lowest BCUT2D eigenvalue weighted by Crippen LogP contribution is -2.44. The molecule has 0 spiro atoms. The van der Waals surface area contributed by atoms with Crippen molar-refractivity contribution in [2.75, 3.05) is 18.9 Å². The van der Waals surface area contributed by atoms with Crippen LogP contribution in [0.3, 0.4) is 0 Å². The molecule has 5 rings (SSSR count). The highest BCUT2D eigenvalue weighted by atomic mass is 31.2. The van der Waals surface area contributed by atoms with Crippen molar-refractivity contribution >= 4 is 24.7 Å². The first-order valence-electron chi connectivity index (χ1n) is 10.4. The number of nitrogen functional groups attached to an aromatic ring is 1. The van der Waals surface area contributed by atoms with Crippen LogP contribution in [0.5, 0.6) is 0 Å². The van der Waals surface area contributed by atoms with E-state index in [0.29, 0.717) is 17.5 Å². The minimum Gasteiger partial charge on any atom is -0.387 e. The quantitative estimate of drug-likeness (QED) is 0.458. The lowest BCUT2D eigenvalue weighted by Gasteiger charge is -2.30. The van der Waals surface area contributed by atoms with Crippen molar-refractivity contribution in [1.82, 2.24) is 19.5 Å². The number of nitrogens with two attached hydrogens (primary N) is 1. The standard InChI is InChI=1S/C20H24N5O7P/c1-20(27)16(26)15(31-19(20)25-8-4-13-17(21)23-11-24-18(13)25)10-30-33(28)29-9-5-14(32-33)12-2-6-22-7-3-12/h2-4,6-8,11,14-16,19,26-27H,5,9-10H2,1H3,(H2,21,23,24)/t14-,15-,16-,19-,20-,33?/m1/s1. The SMILES string of the molecule is C[C@@]1(O)[C@H](O)[C@@H](COP2(=O)OCC[C@H](c3ccncc3)O2)O[C@H]1n1ccc2c(N)ncnc21. The van der Waals surface area contributed by atoms with Crippen molar-refractivity contribution < 1.29 is 33.1 Å². The van der Waals surface area contributed by atoms with Gasteiger partial charge in [0, 0.05) is 25.0 Å². The predicted molar refractivity (Wildman–Crippen MR) is 115 cm³/mol. The molecule has 6 atom stereocenters. The number of hydrogen-bond donors (Lipinski definition) is 3. The summed E-state index contributed by atoms with van der Waals surface area (Å²) in [6.45, 7) is 1.29. The number of ether oxygens (including phenoxy) is 1. The molecule has 0 bridgehead atoms. The predicted octanol–water partition coefficient (Wildman–Crippen LogP) is 1.72. The molecular formula is C20H24N5O7P. The molecule has 0 radical (unpaired) electrons. The fraction of sp³-hybridized carbons (Fsp3) is 0.450. The zero-order valence-corrected chi connectivity index (χ0v) is 18.6. The van der Waals surface area contributed by atoms with Crippen LogP contribution in [0.1, 0.15) is 31.2 Å². The summed E-state index contributed by atoms with van der Waals surface area (Å²) in [5.41, 5.74) is 5.42. The summed E-state index contributed by atoms with van der Waals surface area (Å²) >= 11 is 0. The van der Waals surface area contributed by atoms with Gasteiger partial charge in [0.2, 0.25) is 0 Å². The molecule has 13 heteroatoms. The number of aliphatic hydroxyl groups excluding tert-OH is 1. The number of aromatic nitrogens is 4. The van der Waals surface area contributed by atoms with E-state index in [-0.39, 0.29) is 19.0 Å². The molecular weight excluding hydrogens is 453 g/mol. The van der Waals surface area contributed by atoms with Gasteiger partial charge >= 0.3 is 7.82 Å². The van der Waals surface area contributed by atoms with E-state index >= 15 is 0 Å². The van der Waals surface area contributed by atoms with Gasteiger partial charge < -0.3 is 25.3 Å². The van der Waals surface area contributed by atoms with Crippen LogP contribution in [-0.2, 0) is 22.9 Å². The van der Waals surface area contributed by atoms with Crippen LogP contribution in [0, 0.1) is 0 Å². The third-order valence-corrected chi connectivity index (χ3v) is 7.38. The number of fused-ring (bicyclic) bond motifs is 1. The summed E-state index contributed by atoms with van der Waals surface area (Å²) in [5.74, 6) is 0.283. The third kappa shape index (κ3) is 4.04. The van der Waals surface area contributed by atoms with Crippen LogP contribution in [0.25, 0.3) is 11.0 Å². The lowest BCUT2D eigenvalue weighted by atomic mass is 9.96. The van der Waals surface area contributed by atoms with E-state index in [0.717, 1.165) is 5.56 Å². The molecule has 0 aromatic carbocycles. The van der Waals surface area contributed by atoms with Crippen molar-refractivity contribution in [3.8, 4) is 0 Å². The molecule has 0 amide bonds. The van der Waals surface area contributed by atoms with Crippen LogP contribution < -0.4 is 5.73 Å². The van der Waals surface area contributed by atoms with Crippen LogP contribution in [-0.4, -0.2) is 60.8 Å². The van der Waals surface area contributed by atoms with Crippen LogP contribution in [0.15, 0.2) is 43.1 Å². The number of aliphatic hydroxyl groups is 2. The molecule has 4 N–H and O–H groups in total. The Hall–Kier alpha value is -2.44. The highest BCUT2D eigenvalue weighted by molar-refractivity contribution is 7.48. The number of pyridine rings is 1. The Kier molecular flexibility index (Phi) is 5.69. The largest absolute Gasteiger partial charge is 0.475 e. The minimum atomic E-state index is -3.92. The Morgan fingerprint density at radius 2 is 2.12 bits per heavy atom. The summed E-state index contributed by atoms with van der Waals surface area (Å²) in [5, 5.41) is 22.4. The zero-order valence-electron chi connectivity index (χ0n) is 17.7. The summed E-state index contributed by atoms with van der Waals surface area (Å²) in [6, 6.07) is 5.23. The van der Waals surface area contributed by atoms with Gasteiger partial charge in [-0.25, -0.2) is 14.5 Å². The van der Waals surface area contributed by atoms with Gasteiger partial charge in [0.05, 0.1) is 24.7 Å². The van der Waals surface area contributed by atoms with E-state index in [1.165, 1.54) is 13.3 Å².